The Morgan fingerprint density at radius 3 is 2.23 bits per heavy atom. The molecule has 0 spiro atoms. The van der Waals surface area contributed by atoms with Crippen molar-refractivity contribution in [2.24, 2.45) is 16.5 Å². The molecule has 0 aromatic carbocycles. The highest BCUT2D eigenvalue weighted by atomic mass is 19.3. The maximum absolute atomic E-state index is 14.4. The summed E-state index contributed by atoms with van der Waals surface area (Å²) in [5.74, 6) is -4.91. The average Bonchev–Trinajstić information content (AvgIpc) is 2.55. The van der Waals surface area contributed by atoms with Crippen LogP contribution in [-0.4, -0.2) is 24.4 Å². The highest BCUT2D eigenvalue weighted by Gasteiger charge is 2.58. The number of hydrogen-bond acceptors (Lipinski definition) is 4. The Morgan fingerprint density at radius 2 is 1.82 bits per heavy atom. The van der Waals surface area contributed by atoms with Gasteiger partial charge in [-0.05, 0) is 39.0 Å². The summed E-state index contributed by atoms with van der Waals surface area (Å²) in [4.78, 5) is 4.89. The van der Waals surface area contributed by atoms with Crippen molar-refractivity contribution in [3.8, 4) is 12.1 Å². The summed E-state index contributed by atoms with van der Waals surface area (Å²) in [5, 5.41) is 21.8. The molecule has 0 bridgehead atoms. The van der Waals surface area contributed by atoms with Crippen LogP contribution in [0.1, 0.15) is 46.0 Å². The minimum Gasteiger partial charge on any atom is -0.396 e. The Bertz CT molecular complexity index is 469. The van der Waals surface area contributed by atoms with Gasteiger partial charge in [-0.25, -0.2) is 13.2 Å². The van der Waals surface area contributed by atoms with Gasteiger partial charge in [0.15, 0.2) is 11.6 Å². The molecule has 1 unspecified atom stereocenters. The third-order valence-electron chi connectivity index (χ3n) is 4.16. The lowest BCUT2D eigenvalue weighted by Gasteiger charge is -2.36. The van der Waals surface area contributed by atoms with Gasteiger partial charge in [-0.15, -0.1) is 0 Å². The van der Waals surface area contributed by atoms with Gasteiger partial charge in [0.05, 0.1) is 17.9 Å². The summed E-state index contributed by atoms with van der Waals surface area (Å²) in [6.45, 7) is 3.54. The van der Waals surface area contributed by atoms with E-state index in [2.05, 4.69) is 5.16 Å². The summed E-state index contributed by atoms with van der Waals surface area (Å²) in [7, 11) is 0. The third kappa shape index (κ3) is 3.52. The molecule has 0 heterocycles. The third-order valence-corrected chi connectivity index (χ3v) is 4.16. The normalized spacial score (nSPS) is 20.7. The lowest BCUT2D eigenvalue weighted by atomic mass is 9.73. The second-order valence-corrected chi connectivity index (χ2v) is 5.44. The molecule has 0 aromatic rings. The van der Waals surface area contributed by atoms with E-state index in [4.69, 9.17) is 15.4 Å². The van der Waals surface area contributed by atoms with Crippen LogP contribution in [0.15, 0.2) is 5.16 Å². The van der Waals surface area contributed by atoms with Crippen LogP contribution in [0.2, 0.25) is 0 Å². The van der Waals surface area contributed by atoms with E-state index in [-0.39, 0.29) is 19.3 Å². The predicted molar refractivity (Wildman–Crippen MR) is 74.8 cm³/mol. The van der Waals surface area contributed by atoms with E-state index in [9.17, 15) is 13.2 Å². The molecule has 4 nitrogen and oxygen atoms in total. The van der Waals surface area contributed by atoms with Crippen molar-refractivity contribution < 1.29 is 18.0 Å². The van der Waals surface area contributed by atoms with Crippen molar-refractivity contribution in [2.45, 2.75) is 58.0 Å². The Hall–Kier alpha value is -1.76. The van der Waals surface area contributed by atoms with Gasteiger partial charge in [0.25, 0.3) is 5.92 Å². The van der Waals surface area contributed by atoms with Crippen LogP contribution in [0.5, 0.6) is 0 Å². The second-order valence-electron chi connectivity index (χ2n) is 5.44. The van der Waals surface area contributed by atoms with Crippen molar-refractivity contribution >= 4 is 5.71 Å². The molecular weight excluding hydrogens is 295 g/mol. The first-order valence-corrected chi connectivity index (χ1v) is 7.40. The zero-order valence-corrected chi connectivity index (χ0v) is 12.8. The summed E-state index contributed by atoms with van der Waals surface area (Å²) in [6, 6.07) is 2.87. The maximum Gasteiger partial charge on any atom is 0.284 e. The van der Waals surface area contributed by atoms with Gasteiger partial charge in [-0.1, -0.05) is 12.1 Å². The molecule has 22 heavy (non-hydrogen) atoms. The van der Waals surface area contributed by atoms with E-state index in [0.29, 0.717) is 25.2 Å². The Morgan fingerprint density at radius 1 is 1.27 bits per heavy atom. The van der Waals surface area contributed by atoms with Crippen LogP contribution in [0.3, 0.4) is 0 Å². The molecular formula is C15H20F3N3O. The van der Waals surface area contributed by atoms with E-state index < -0.39 is 23.4 Å². The summed E-state index contributed by atoms with van der Waals surface area (Å²) in [6.07, 6.45) is -2.32. The first-order chi connectivity index (χ1) is 10.4. The quantitative estimate of drug-likeness (QED) is 0.696. The van der Waals surface area contributed by atoms with Gasteiger partial charge in [-0.3, -0.25) is 0 Å². The molecule has 122 valence electrons. The number of rotatable bonds is 6. The van der Waals surface area contributed by atoms with Crippen LogP contribution < -0.4 is 0 Å². The standard InChI is InChI=1S/C15H20F3N3O/c1-3-14(9-19,10-20)13(16)15(17,18)11-5-7-12(8-6-11)21-22-4-2/h11,13H,3-8H2,1-2H3. The summed E-state index contributed by atoms with van der Waals surface area (Å²) >= 11 is 0. The molecule has 0 saturated heterocycles. The van der Waals surface area contributed by atoms with Gasteiger partial charge in [0.2, 0.25) is 0 Å². The van der Waals surface area contributed by atoms with Gasteiger partial charge in [0.1, 0.15) is 6.61 Å². The minimum absolute atomic E-state index is 0.0655. The van der Waals surface area contributed by atoms with Crippen LogP contribution >= 0.6 is 0 Å². The molecule has 1 fully saturated rings. The van der Waals surface area contributed by atoms with Crippen LogP contribution in [0.4, 0.5) is 13.2 Å². The molecule has 0 aromatic heterocycles. The molecule has 0 N–H and O–H groups in total. The second kappa shape index (κ2) is 7.49. The van der Waals surface area contributed by atoms with E-state index in [0.717, 1.165) is 0 Å². The van der Waals surface area contributed by atoms with Crippen molar-refractivity contribution in [3.63, 3.8) is 0 Å². The number of halogens is 3. The van der Waals surface area contributed by atoms with Gasteiger partial charge in [0, 0.05) is 5.92 Å². The highest BCUT2D eigenvalue weighted by Crippen LogP contribution is 2.46. The van der Waals surface area contributed by atoms with Crippen molar-refractivity contribution in [1.29, 1.82) is 10.5 Å². The van der Waals surface area contributed by atoms with Gasteiger partial charge in [-0.2, -0.15) is 10.5 Å². The molecule has 1 rings (SSSR count). The van der Waals surface area contributed by atoms with Crippen LogP contribution in [-0.2, 0) is 4.84 Å². The fourth-order valence-corrected chi connectivity index (χ4v) is 2.59. The van der Waals surface area contributed by atoms with Crippen molar-refractivity contribution in [3.05, 3.63) is 0 Å². The van der Waals surface area contributed by atoms with E-state index in [1.807, 2.05) is 0 Å². The minimum atomic E-state index is -3.71. The number of alkyl halides is 3. The molecule has 1 aliphatic carbocycles. The first-order valence-electron chi connectivity index (χ1n) is 7.40. The molecule has 1 saturated carbocycles. The van der Waals surface area contributed by atoms with E-state index >= 15 is 0 Å². The number of hydrogen-bond donors (Lipinski definition) is 0. The zero-order chi connectivity index (χ0) is 16.8. The predicted octanol–water partition coefficient (Wildman–Crippen LogP) is 3.99. The molecule has 0 amide bonds. The van der Waals surface area contributed by atoms with E-state index in [1.165, 1.54) is 19.1 Å². The van der Waals surface area contributed by atoms with Gasteiger partial charge < -0.3 is 4.84 Å². The Balaban J connectivity index is 2.84. The van der Waals surface area contributed by atoms with E-state index in [1.54, 1.807) is 6.92 Å². The molecule has 0 radical (unpaired) electrons. The number of nitrogens with zero attached hydrogens (tertiary/aromatic N) is 3. The Labute approximate surface area is 128 Å². The molecule has 1 atom stereocenters. The molecule has 0 aliphatic heterocycles. The van der Waals surface area contributed by atoms with Crippen molar-refractivity contribution in [1.82, 2.24) is 0 Å². The Kier molecular flexibility index (Phi) is 6.22. The SMILES string of the molecule is CCON=C1CCC(C(F)(F)C(F)C(C#N)(C#N)CC)CC1. The molecule has 1 aliphatic rings. The average molecular weight is 315 g/mol. The zero-order valence-electron chi connectivity index (χ0n) is 12.8. The highest BCUT2D eigenvalue weighted by molar-refractivity contribution is 5.84. The maximum atomic E-state index is 14.4. The lowest BCUT2D eigenvalue weighted by Crippen LogP contribution is -2.48. The topological polar surface area (TPSA) is 69.2 Å². The first kappa shape index (κ1) is 18.3. The van der Waals surface area contributed by atoms with Gasteiger partial charge >= 0.3 is 0 Å². The molecule has 7 heteroatoms. The fourth-order valence-electron chi connectivity index (χ4n) is 2.59. The van der Waals surface area contributed by atoms with Crippen molar-refractivity contribution in [2.75, 3.05) is 6.61 Å². The number of nitriles is 2. The summed E-state index contributed by atoms with van der Waals surface area (Å²) < 4.78 is 43.1. The summed E-state index contributed by atoms with van der Waals surface area (Å²) in [5.41, 5.74) is -1.62. The monoisotopic (exact) mass is 315 g/mol. The largest absolute Gasteiger partial charge is 0.396 e. The van der Waals surface area contributed by atoms with Crippen LogP contribution in [0.25, 0.3) is 0 Å². The smallest absolute Gasteiger partial charge is 0.284 e. The van der Waals surface area contributed by atoms with Crippen LogP contribution in [0, 0.1) is 34.0 Å². The lowest BCUT2D eigenvalue weighted by molar-refractivity contribution is -0.145. The fraction of sp³-hybridized carbons (Fsp3) is 0.800. The number of oxime groups is 1.